The summed E-state index contributed by atoms with van der Waals surface area (Å²) in [7, 11) is 0. The normalized spacial score (nSPS) is 11.3. The van der Waals surface area contributed by atoms with E-state index in [1.54, 1.807) is 6.26 Å². The number of imidazole rings is 1. The third kappa shape index (κ3) is 3.23. The highest BCUT2D eigenvalue weighted by molar-refractivity contribution is 5.55. The first kappa shape index (κ1) is 12.9. The first-order valence-electron chi connectivity index (χ1n) is 6.49. The second kappa shape index (κ2) is 5.87. The Bertz CT molecular complexity index is 471. The van der Waals surface area contributed by atoms with Crippen LogP contribution in [0.3, 0.4) is 0 Å². The molecule has 0 bridgehead atoms. The van der Waals surface area contributed by atoms with Crippen molar-refractivity contribution in [2.24, 2.45) is 0 Å². The van der Waals surface area contributed by atoms with Crippen LogP contribution in [0.1, 0.15) is 31.8 Å². The fourth-order valence-corrected chi connectivity index (χ4v) is 1.94. The first-order chi connectivity index (χ1) is 8.66. The van der Waals surface area contributed by atoms with Crippen LogP contribution in [0, 0.1) is 6.92 Å². The molecule has 0 aliphatic heterocycles. The van der Waals surface area contributed by atoms with Crippen molar-refractivity contribution in [1.29, 1.82) is 0 Å². The lowest BCUT2D eigenvalue weighted by Gasteiger charge is -2.06. The molecule has 0 aromatic carbocycles. The molecule has 0 saturated heterocycles. The summed E-state index contributed by atoms with van der Waals surface area (Å²) in [6.45, 7) is 7.37. The lowest BCUT2D eigenvalue weighted by atomic mass is 10.3. The molecule has 2 aromatic rings. The number of nitrogens with one attached hydrogen (secondary N) is 2. The maximum absolute atomic E-state index is 5.38. The minimum atomic E-state index is 0.544. The third-order valence-corrected chi connectivity index (χ3v) is 2.83. The van der Waals surface area contributed by atoms with E-state index in [2.05, 4.69) is 29.1 Å². The molecule has 4 nitrogen and oxygen atoms in total. The molecule has 0 unspecified atom stereocenters. The van der Waals surface area contributed by atoms with Crippen LogP contribution in [0.2, 0.25) is 0 Å². The van der Waals surface area contributed by atoms with Crippen LogP contribution in [0.5, 0.6) is 0 Å². The van der Waals surface area contributed by atoms with Crippen molar-refractivity contribution < 1.29 is 4.42 Å². The fraction of sp³-hybridized carbons (Fsp3) is 0.500. The molecule has 2 rings (SSSR count). The summed E-state index contributed by atoms with van der Waals surface area (Å²) in [6, 6.07) is 4.37. The van der Waals surface area contributed by atoms with Gasteiger partial charge in [0.1, 0.15) is 11.5 Å². The van der Waals surface area contributed by atoms with Crippen LogP contribution >= 0.6 is 0 Å². The molecular formula is C14H21N3O. The summed E-state index contributed by atoms with van der Waals surface area (Å²) < 4.78 is 5.38. The van der Waals surface area contributed by atoms with Gasteiger partial charge >= 0.3 is 0 Å². The molecule has 0 aliphatic carbocycles. The van der Waals surface area contributed by atoms with Crippen LogP contribution in [-0.2, 0) is 6.42 Å². The molecular weight excluding hydrogens is 226 g/mol. The van der Waals surface area contributed by atoms with Gasteiger partial charge in [0.15, 0.2) is 5.76 Å². The topological polar surface area (TPSA) is 53.9 Å². The van der Waals surface area contributed by atoms with Crippen molar-refractivity contribution in [3.63, 3.8) is 0 Å². The van der Waals surface area contributed by atoms with Gasteiger partial charge in [0.2, 0.25) is 0 Å². The standard InChI is InChI=1S/C14H21N3O/c1-10(2)15-8-4-7-13-16-11(3)14(17-13)12-6-5-9-18-12/h5-6,9-10,15H,4,7-8H2,1-3H3,(H,16,17). The van der Waals surface area contributed by atoms with E-state index in [1.807, 2.05) is 19.1 Å². The van der Waals surface area contributed by atoms with E-state index >= 15 is 0 Å². The van der Waals surface area contributed by atoms with Gasteiger partial charge in [-0.05, 0) is 32.0 Å². The third-order valence-electron chi connectivity index (χ3n) is 2.83. The SMILES string of the molecule is Cc1[nH]c(CCCNC(C)C)nc1-c1ccco1. The van der Waals surface area contributed by atoms with Crippen LogP contribution in [0.4, 0.5) is 0 Å². The van der Waals surface area contributed by atoms with E-state index in [4.69, 9.17) is 4.42 Å². The average Bonchev–Trinajstić information content (AvgIpc) is 2.93. The Hall–Kier alpha value is -1.55. The maximum atomic E-state index is 5.38. The van der Waals surface area contributed by atoms with Crippen molar-refractivity contribution in [3.8, 4) is 11.5 Å². The van der Waals surface area contributed by atoms with Gasteiger partial charge < -0.3 is 14.7 Å². The van der Waals surface area contributed by atoms with Crippen molar-refractivity contribution >= 4 is 0 Å². The highest BCUT2D eigenvalue weighted by Crippen LogP contribution is 2.21. The van der Waals surface area contributed by atoms with Gasteiger partial charge in [0.05, 0.1) is 6.26 Å². The zero-order chi connectivity index (χ0) is 13.0. The van der Waals surface area contributed by atoms with Gasteiger partial charge in [-0.2, -0.15) is 0 Å². The van der Waals surface area contributed by atoms with Crippen LogP contribution < -0.4 is 5.32 Å². The first-order valence-corrected chi connectivity index (χ1v) is 6.49. The van der Waals surface area contributed by atoms with Crippen LogP contribution in [0.25, 0.3) is 11.5 Å². The average molecular weight is 247 g/mol. The summed E-state index contributed by atoms with van der Waals surface area (Å²) in [4.78, 5) is 7.91. The van der Waals surface area contributed by atoms with E-state index in [0.717, 1.165) is 42.4 Å². The highest BCUT2D eigenvalue weighted by atomic mass is 16.3. The Balaban J connectivity index is 1.93. The number of hydrogen-bond donors (Lipinski definition) is 2. The quantitative estimate of drug-likeness (QED) is 0.772. The second-order valence-electron chi connectivity index (χ2n) is 4.85. The smallest absolute Gasteiger partial charge is 0.154 e. The van der Waals surface area contributed by atoms with Crippen molar-refractivity contribution in [2.45, 2.75) is 39.7 Å². The molecule has 0 fully saturated rings. The zero-order valence-corrected chi connectivity index (χ0v) is 11.3. The minimum absolute atomic E-state index is 0.544. The van der Waals surface area contributed by atoms with E-state index < -0.39 is 0 Å². The number of rotatable bonds is 6. The molecule has 2 aromatic heterocycles. The number of aryl methyl sites for hydroxylation is 2. The Morgan fingerprint density at radius 2 is 2.28 bits per heavy atom. The Morgan fingerprint density at radius 3 is 2.94 bits per heavy atom. The van der Waals surface area contributed by atoms with Crippen LogP contribution in [-0.4, -0.2) is 22.6 Å². The van der Waals surface area contributed by atoms with E-state index in [-0.39, 0.29) is 0 Å². The van der Waals surface area contributed by atoms with E-state index in [0.29, 0.717) is 6.04 Å². The van der Waals surface area contributed by atoms with Crippen molar-refractivity contribution in [2.75, 3.05) is 6.54 Å². The number of H-pyrrole nitrogens is 1. The summed E-state index contributed by atoms with van der Waals surface area (Å²) in [5, 5.41) is 3.40. The molecule has 0 amide bonds. The molecule has 0 aliphatic rings. The lowest BCUT2D eigenvalue weighted by Crippen LogP contribution is -2.24. The largest absolute Gasteiger partial charge is 0.463 e. The van der Waals surface area contributed by atoms with Gasteiger partial charge in [-0.3, -0.25) is 0 Å². The molecule has 0 radical (unpaired) electrons. The minimum Gasteiger partial charge on any atom is -0.463 e. The maximum Gasteiger partial charge on any atom is 0.154 e. The summed E-state index contributed by atoms with van der Waals surface area (Å²) in [5.41, 5.74) is 1.99. The highest BCUT2D eigenvalue weighted by Gasteiger charge is 2.10. The Labute approximate surface area is 108 Å². The second-order valence-corrected chi connectivity index (χ2v) is 4.85. The summed E-state index contributed by atoms with van der Waals surface area (Å²) in [6.07, 6.45) is 3.72. The van der Waals surface area contributed by atoms with Gasteiger partial charge in [0.25, 0.3) is 0 Å². The summed E-state index contributed by atoms with van der Waals surface area (Å²) >= 11 is 0. The van der Waals surface area contributed by atoms with E-state index in [9.17, 15) is 0 Å². The van der Waals surface area contributed by atoms with Gasteiger partial charge in [0, 0.05) is 18.2 Å². The molecule has 0 atom stereocenters. The van der Waals surface area contributed by atoms with Gasteiger partial charge in [-0.15, -0.1) is 0 Å². The van der Waals surface area contributed by atoms with Crippen molar-refractivity contribution in [3.05, 3.63) is 29.9 Å². The predicted octanol–water partition coefficient (Wildman–Crippen LogP) is 2.91. The molecule has 0 saturated carbocycles. The molecule has 4 heteroatoms. The number of nitrogens with zero attached hydrogens (tertiary/aromatic N) is 1. The van der Waals surface area contributed by atoms with Gasteiger partial charge in [-0.1, -0.05) is 13.8 Å². The number of furan rings is 1. The number of aromatic amines is 1. The molecule has 18 heavy (non-hydrogen) atoms. The van der Waals surface area contributed by atoms with E-state index in [1.165, 1.54) is 0 Å². The number of aromatic nitrogens is 2. The molecule has 2 N–H and O–H groups in total. The monoisotopic (exact) mass is 247 g/mol. The predicted molar refractivity (Wildman–Crippen MR) is 72.5 cm³/mol. The van der Waals surface area contributed by atoms with Gasteiger partial charge in [-0.25, -0.2) is 4.98 Å². The summed E-state index contributed by atoms with van der Waals surface area (Å²) in [5.74, 6) is 1.86. The number of hydrogen-bond acceptors (Lipinski definition) is 3. The molecule has 98 valence electrons. The van der Waals surface area contributed by atoms with Crippen molar-refractivity contribution in [1.82, 2.24) is 15.3 Å². The molecule has 0 spiro atoms. The zero-order valence-electron chi connectivity index (χ0n) is 11.3. The lowest BCUT2D eigenvalue weighted by molar-refractivity contribution is 0.566. The molecule has 2 heterocycles. The Kier molecular flexibility index (Phi) is 4.20. The fourth-order valence-electron chi connectivity index (χ4n) is 1.94. The Morgan fingerprint density at radius 1 is 1.44 bits per heavy atom. The van der Waals surface area contributed by atoms with Crippen LogP contribution in [0.15, 0.2) is 22.8 Å².